The molecular weight excluding hydrogens is 506 g/mol. The van der Waals surface area contributed by atoms with Crippen LogP contribution < -0.4 is 19.5 Å². The summed E-state index contributed by atoms with van der Waals surface area (Å²) in [6.45, 7) is 1.83. The fourth-order valence-electron chi connectivity index (χ4n) is 4.21. The zero-order valence-corrected chi connectivity index (χ0v) is 22.0. The molecule has 3 aromatic rings. The average Bonchev–Trinajstić information content (AvgIpc) is 2.94. The lowest BCUT2D eigenvalue weighted by Crippen LogP contribution is -2.34. The minimum atomic E-state index is -3.78. The number of methoxy groups -OCH3 is 1. The topological polar surface area (TPSA) is 146 Å². The molecule has 1 aliphatic rings. The van der Waals surface area contributed by atoms with E-state index >= 15 is 0 Å². The standard InChI is InChI=1S/C27H31N5O5S/c1-36-25-15-19(3-6-26(25)38(34,35)31-10-2-14-33)16-27-30-13-9-23(32-27)20-4-5-24(21(17-20)18-28)37-22-7-11-29-12-8-22/h3-6,9,13,15,17,22,29,31,33H,2,7-8,10-12,14,16H2,1H3. The van der Waals surface area contributed by atoms with Crippen LogP contribution in [0.3, 0.4) is 0 Å². The van der Waals surface area contributed by atoms with Crippen molar-refractivity contribution in [1.29, 1.82) is 5.26 Å². The summed E-state index contributed by atoms with van der Waals surface area (Å²) in [5, 5.41) is 21.9. The molecule has 3 N–H and O–H groups in total. The maximum Gasteiger partial charge on any atom is 0.244 e. The van der Waals surface area contributed by atoms with Crippen molar-refractivity contribution in [3.63, 3.8) is 0 Å². The summed E-state index contributed by atoms with van der Waals surface area (Å²) >= 11 is 0. The van der Waals surface area contributed by atoms with Crippen LogP contribution in [0.1, 0.15) is 36.2 Å². The number of rotatable bonds is 11. The lowest BCUT2D eigenvalue weighted by atomic mass is 10.1. The molecule has 1 fully saturated rings. The van der Waals surface area contributed by atoms with E-state index in [-0.39, 0.29) is 29.9 Å². The molecule has 0 radical (unpaired) electrons. The number of hydrogen-bond acceptors (Lipinski definition) is 9. The molecule has 2 heterocycles. The molecule has 0 amide bonds. The summed E-state index contributed by atoms with van der Waals surface area (Å²) in [6, 6.07) is 14.3. The number of nitriles is 1. The van der Waals surface area contributed by atoms with Gasteiger partial charge in [0, 0.05) is 31.3 Å². The third-order valence-electron chi connectivity index (χ3n) is 6.19. The first-order valence-corrected chi connectivity index (χ1v) is 13.9. The Morgan fingerprint density at radius 3 is 2.71 bits per heavy atom. The molecular formula is C27H31N5O5S. The first-order valence-electron chi connectivity index (χ1n) is 12.4. The Kier molecular flexibility index (Phi) is 9.25. The predicted octanol–water partition coefficient (Wildman–Crippen LogP) is 2.41. The summed E-state index contributed by atoms with van der Waals surface area (Å²) in [7, 11) is -2.37. The van der Waals surface area contributed by atoms with Gasteiger partial charge >= 0.3 is 0 Å². The van der Waals surface area contributed by atoms with Gasteiger partial charge in [-0.05, 0) is 74.3 Å². The Morgan fingerprint density at radius 2 is 1.97 bits per heavy atom. The Labute approximate surface area is 222 Å². The Balaban J connectivity index is 1.52. The van der Waals surface area contributed by atoms with Crippen LogP contribution in [0.5, 0.6) is 11.5 Å². The molecule has 2 aromatic carbocycles. The summed E-state index contributed by atoms with van der Waals surface area (Å²) in [6.07, 6.45) is 4.22. The monoisotopic (exact) mass is 537 g/mol. The Morgan fingerprint density at radius 1 is 1.16 bits per heavy atom. The van der Waals surface area contributed by atoms with Gasteiger partial charge in [0.2, 0.25) is 10.0 Å². The van der Waals surface area contributed by atoms with Gasteiger partial charge < -0.3 is 19.9 Å². The summed E-state index contributed by atoms with van der Waals surface area (Å²) < 4.78 is 39.1. The molecule has 200 valence electrons. The third-order valence-corrected chi connectivity index (χ3v) is 7.69. The molecule has 10 nitrogen and oxygen atoms in total. The van der Waals surface area contributed by atoms with Crippen molar-refractivity contribution in [2.45, 2.75) is 36.7 Å². The number of aliphatic hydroxyl groups excluding tert-OH is 1. The van der Waals surface area contributed by atoms with Gasteiger partial charge in [-0.1, -0.05) is 6.07 Å². The van der Waals surface area contributed by atoms with Gasteiger partial charge in [0.25, 0.3) is 0 Å². The predicted molar refractivity (Wildman–Crippen MR) is 141 cm³/mol. The number of aromatic nitrogens is 2. The van der Waals surface area contributed by atoms with E-state index in [1.54, 1.807) is 30.5 Å². The Hall–Kier alpha value is -3.56. The SMILES string of the molecule is COc1cc(Cc2nccc(-c3ccc(OC4CCNCC4)c(C#N)c3)n2)ccc1S(=O)(=O)NCCCO. The van der Waals surface area contributed by atoms with E-state index in [1.807, 2.05) is 12.1 Å². The number of sulfonamides is 1. The van der Waals surface area contributed by atoms with Crippen molar-refractivity contribution < 1.29 is 23.0 Å². The van der Waals surface area contributed by atoms with Crippen LogP contribution >= 0.6 is 0 Å². The second-order valence-corrected chi connectivity index (χ2v) is 10.6. The number of hydrogen-bond donors (Lipinski definition) is 3. The second-order valence-electron chi connectivity index (χ2n) is 8.88. The smallest absolute Gasteiger partial charge is 0.244 e. The van der Waals surface area contributed by atoms with E-state index in [9.17, 15) is 13.7 Å². The largest absolute Gasteiger partial charge is 0.495 e. The van der Waals surface area contributed by atoms with Crippen LogP contribution in [0, 0.1) is 11.3 Å². The Bertz CT molecular complexity index is 1400. The zero-order valence-electron chi connectivity index (χ0n) is 21.2. The van der Waals surface area contributed by atoms with Crippen molar-refractivity contribution in [3.05, 3.63) is 65.6 Å². The van der Waals surface area contributed by atoms with E-state index < -0.39 is 10.0 Å². The van der Waals surface area contributed by atoms with Gasteiger partial charge in [-0.25, -0.2) is 23.1 Å². The minimum Gasteiger partial charge on any atom is -0.495 e. The maximum atomic E-state index is 12.6. The molecule has 1 aromatic heterocycles. The molecule has 0 aliphatic carbocycles. The highest BCUT2D eigenvalue weighted by Gasteiger charge is 2.20. The van der Waals surface area contributed by atoms with Crippen molar-refractivity contribution >= 4 is 10.0 Å². The van der Waals surface area contributed by atoms with E-state index in [4.69, 9.17) is 14.6 Å². The summed E-state index contributed by atoms with van der Waals surface area (Å²) in [5.41, 5.74) is 2.67. The summed E-state index contributed by atoms with van der Waals surface area (Å²) in [4.78, 5) is 9.06. The number of benzene rings is 2. The average molecular weight is 538 g/mol. The van der Waals surface area contributed by atoms with Crippen LogP contribution in [0.25, 0.3) is 11.3 Å². The molecule has 4 rings (SSSR count). The highest BCUT2D eigenvalue weighted by molar-refractivity contribution is 7.89. The summed E-state index contributed by atoms with van der Waals surface area (Å²) in [5.74, 6) is 1.32. The van der Waals surface area contributed by atoms with E-state index in [0.29, 0.717) is 35.7 Å². The van der Waals surface area contributed by atoms with E-state index in [0.717, 1.165) is 37.1 Å². The highest BCUT2D eigenvalue weighted by atomic mass is 32.2. The molecule has 1 aliphatic heterocycles. The number of piperidine rings is 1. The molecule has 38 heavy (non-hydrogen) atoms. The lowest BCUT2D eigenvalue weighted by molar-refractivity contribution is 0.162. The van der Waals surface area contributed by atoms with Gasteiger partial charge in [0.1, 0.15) is 34.4 Å². The van der Waals surface area contributed by atoms with E-state index in [2.05, 4.69) is 26.1 Å². The minimum absolute atomic E-state index is 0.0205. The van der Waals surface area contributed by atoms with Gasteiger partial charge in [-0.15, -0.1) is 0 Å². The third kappa shape index (κ3) is 6.85. The van der Waals surface area contributed by atoms with Gasteiger partial charge in [0.15, 0.2) is 0 Å². The maximum absolute atomic E-state index is 12.6. The second kappa shape index (κ2) is 12.8. The molecule has 1 saturated heterocycles. The number of nitrogens with one attached hydrogen (secondary N) is 2. The quantitative estimate of drug-likeness (QED) is 0.314. The van der Waals surface area contributed by atoms with Crippen molar-refractivity contribution in [2.75, 3.05) is 33.4 Å². The van der Waals surface area contributed by atoms with Crippen LogP contribution in [-0.2, 0) is 16.4 Å². The number of ether oxygens (including phenoxy) is 2. The van der Waals surface area contributed by atoms with Gasteiger partial charge in [0.05, 0.1) is 18.4 Å². The van der Waals surface area contributed by atoms with Crippen molar-refractivity contribution in [1.82, 2.24) is 20.0 Å². The normalized spacial score (nSPS) is 14.1. The molecule has 0 spiro atoms. The van der Waals surface area contributed by atoms with Crippen LogP contribution in [0.15, 0.2) is 53.6 Å². The van der Waals surface area contributed by atoms with Crippen molar-refractivity contribution in [2.24, 2.45) is 0 Å². The molecule has 0 bridgehead atoms. The first kappa shape index (κ1) is 27.5. The number of nitrogens with zero attached hydrogens (tertiary/aromatic N) is 3. The van der Waals surface area contributed by atoms with Crippen molar-refractivity contribution in [3.8, 4) is 28.8 Å². The number of aliphatic hydroxyl groups is 1. The molecule has 0 saturated carbocycles. The fourth-order valence-corrected chi connectivity index (χ4v) is 5.43. The molecule has 11 heteroatoms. The highest BCUT2D eigenvalue weighted by Crippen LogP contribution is 2.28. The molecule has 0 unspecified atom stereocenters. The van der Waals surface area contributed by atoms with E-state index in [1.165, 1.54) is 13.2 Å². The molecule has 0 atom stereocenters. The fraction of sp³-hybridized carbons (Fsp3) is 0.370. The van der Waals surface area contributed by atoms with Crippen LogP contribution in [0.2, 0.25) is 0 Å². The van der Waals surface area contributed by atoms with Gasteiger partial charge in [-0.3, -0.25) is 0 Å². The van der Waals surface area contributed by atoms with Crippen LogP contribution in [-0.4, -0.2) is 62.9 Å². The lowest BCUT2D eigenvalue weighted by Gasteiger charge is -2.24. The zero-order chi connectivity index (χ0) is 27.0. The van der Waals surface area contributed by atoms with Crippen LogP contribution in [0.4, 0.5) is 0 Å². The first-order chi connectivity index (χ1) is 18.4. The van der Waals surface area contributed by atoms with Gasteiger partial charge in [-0.2, -0.15) is 5.26 Å².